The van der Waals surface area contributed by atoms with Crippen molar-refractivity contribution in [2.75, 3.05) is 49.2 Å². The molecule has 4 heterocycles. The second-order valence-corrected chi connectivity index (χ2v) is 6.79. The lowest BCUT2D eigenvalue weighted by atomic mass is 10.2. The first kappa shape index (κ1) is 14.7. The summed E-state index contributed by atoms with van der Waals surface area (Å²) in [5, 5.41) is 12.3. The highest BCUT2D eigenvalue weighted by Crippen LogP contribution is 2.18. The van der Waals surface area contributed by atoms with Crippen LogP contribution in [-0.2, 0) is 9.53 Å². The highest BCUT2D eigenvalue weighted by atomic mass is 32.2. The fourth-order valence-corrected chi connectivity index (χ4v) is 3.78. The van der Waals surface area contributed by atoms with E-state index in [1.165, 1.54) is 0 Å². The van der Waals surface area contributed by atoms with Gasteiger partial charge in [0.1, 0.15) is 12.1 Å². The first-order valence-electron chi connectivity index (χ1n) is 7.71. The number of ether oxygens (including phenoxy) is 1. The number of nitrogens with zero attached hydrogens (tertiary/aromatic N) is 6. The Bertz CT molecular complexity index is 701. The summed E-state index contributed by atoms with van der Waals surface area (Å²) < 4.78 is 7.36. The predicted molar refractivity (Wildman–Crippen MR) is 86.6 cm³/mol. The third-order valence-electron chi connectivity index (χ3n) is 4.14. The molecule has 1 atom stereocenters. The number of amides is 1. The summed E-state index contributed by atoms with van der Waals surface area (Å²) in [5.41, 5.74) is 0.709. The zero-order valence-electron chi connectivity index (χ0n) is 12.7. The third-order valence-corrected chi connectivity index (χ3v) is 5.08. The summed E-state index contributed by atoms with van der Waals surface area (Å²) >= 11 is 1.89. The fourth-order valence-electron chi connectivity index (χ4n) is 2.88. The molecule has 2 aromatic rings. The molecule has 1 amide bonds. The van der Waals surface area contributed by atoms with Crippen LogP contribution in [-0.4, -0.2) is 81.0 Å². The van der Waals surface area contributed by atoms with E-state index in [1.54, 1.807) is 10.8 Å². The lowest BCUT2D eigenvalue weighted by Gasteiger charge is -2.36. The summed E-state index contributed by atoms with van der Waals surface area (Å²) in [6.07, 6.45) is 1.16. The van der Waals surface area contributed by atoms with E-state index in [9.17, 15) is 4.79 Å². The van der Waals surface area contributed by atoms with E-state index >= 15 is 0 Å². The maximum absolute atomic E-state index is 12.6. The molecular formula is C14H18N6O2S. The van der Waals surface area contributed by atoms with Crippen molar-refractivity contribution >= 4 is 29.1 Å². The van der Waals surface area contributed by atoms with Gasteiger partial charge in [-0.3, -0.25) is 4.79 Å². The lowest BCUT2D eigenvalue weighted by Crippen LogP contribution is -2.52. The standard InChI is InChI=1S/C14H18N6O2S/c21-14(18-4-7-23-8-5-18)11-9-19(3-6-22-11)13-2-1-12-16-15-10-20(12)17-13/h1-2,10-11H,3-9H2. The van der Waals surface area contributed by atoms with Gasteiger partial charge in [-0.1, -0.05) is 0 Å². The molecule has 2 aromatic heterocycles. The molecule has 0 spiro atoms. The number of hydrogen-bond acceptors (Lipinski definition) is 7. The second kappa shape index (κ2) is 6.32. The molecule has 2 aliphatic heterocycles. The van der Waals surface area contributed by atoms with Gasteiger partial charge < -0.3 is 14.5 Å². The Kier molecular flexibility index (Phi) is 4.04. The summed E-state index contributed by atoms with van der Waals surface area (Å²) in [7, 11) is 0. The van der Waals surface area contributed by atoms with Crippen LogP contribution in [0.2, 0.25) is 0 Å². The van der Waals surface area contributed by atoms with Crippen LogP contribution in [0.25, 0.3) is 5.65 Å². The number of fused-ring (bicyclic) bond motifs is 1. The van der Waals surface area contributed by atoms with Crippen LogP contribution in [0.3, 0.4) is 0 Å². The van der Waals surface area contributed by atoms with E-state index < -0.39 is 6.10 Å². The van der Waals surface area contributed by atoms with Gasteiger partial charge in [0.15, 0.2) is 11.8 Å². The van der Waals surface area contributed by atoms with Gasteiger partial charge in [-0.15, -0.1) is 15.3 Å². The van der Waals surface area contributed by atoms with E-state index in [0.717, 1.165) is 37.0 Å². The van der Waals surface area contributed by atoms with E-state index in [-0.39, 0.29) is 5.91 Å². The summed E-state index contributed by atoms with van der Waals surface area (Å²) in [6, 6.07) is 3.79. The Labute approximate surface area is 137 Å². The average molecular weight is 334 g/mol. The molecule has 0 bridgehead atoms. The zero-order chi connectivity index (χ0) is 15.6. The minimum absolute atomic E-state index is 0.0976. The van der Waals surface area contributed by atoms with Gasteiger partial charge in [0.25, 0.3) is 5.91 Å². The van der Waals surface area contributed by atoms with Crippen LogP contribution < -0.4 is 4.90 Å². The van der Waals surface area contributed by atoms with Crippen molar-refractivity contribution in [3.8, 4) is 0 Å². The number of thioether (sulfide) groups is 1. The molecule has 0 saturated carbocycles. The van der Waals surface area contributed by atoms with Crippen LogP contribution in [0.4, 0.5) is 5.82 Å². The van der Waals surface area contributed by atoms with Gasteiger partial charge in [0.2, 0.25) is 0 Å². The van der Waals surface area contributed by atoms with E-state index in [1.807, 2.05) is 28.8 Å². The monoisotopic (exact) mass is 334 g/mol. The number of anilines is 1. The zero-order valence-corrected chi connectivity index (χ0v) is 13.5. The Morgan fingerprint density at radius 1 is 1.26 bits per heavy atom. The van der Waals surface area contributed by atoms with Gasteiger partial charge >= 0.3 is 0 Å². The molecule has 2 saturated heterocycles. The van der Waals surface area contributed by atoms with Crippen LogP contribution in [0.5, 0.6) is 0 Å². The third kappa shape index (κ3) is 2.98. The van der Waals surface area contributed by atoms with E-state index in [2.05, 4.69) is 20.2 Å². The average Bonchev–Trinajstić information content (AvgIpc) is 3.09. The number of carbonyl (C=O) groups is 1. The topological polar surface area (TPSA) is 75.9 Å². The number of aromatic nitrogens is 4. The van der Waals surface area contributed by atoms with Crippen LogP contribution in [0.15, 0.2) is 18.5 Å². The molecule has 9 heteroatoms. The highest BCUT2D eigenvalue weighted by Gasteiger charge is 2.31. The predicted octanol–water partition coefficient (Wildman–Crippen LogP) is -0.0951. The molecule has 0 aromatic carbocycles. The molecule has 122 valence electrons. The van der Waals surface area contributed by atoms with Crippen LogP contribution in [0, 0.1) is 0 Å². The first-order valence-corrected chi connectivity index (χ1v) is 8.87. The normalized spacial score (nSPS) is 22.5. The molecule has 23 heavy (non-hydrogen) atoms. The molecule has 8 nitrogen and oxygen atoms in total. The van der Waals surface area contributed by atoms with Crippen molar-refractivity contribution in [3.63, 3.8) is 0 Å². The van der Waals surface area contributed by atoms with Crippen molar-refractivity contribution in [1.82, 2.24) is 24.7 Å². The first-order chi connectivity index (χ1) is 11.3. The number of carbonyl (C=O) groups excluding carboxylic acids is 1. The van der Waals surface area contributed by atoms with Gasteiger partial charge in [-0.05, 0) is 12.1 Å². The Morgan fingerprint density at radius 3 is 3.00 bits per heavy atom. The van der Waals surface area contributed by atoms with Crippen molar-refractivity contribution in [1.29, 1.82) is 0 Å². The molecule has 0 N–H and O–H groups in total. The van der Waals surface area contributed by atoms with Gasteiger partial charge in [-0.25, -0.2) is 0 Å². The molecule has 0 aliphatic carbocycles. The molecule has 1 unspecified atom stereocenters. The molecular weight excluding hydrogens is 316 g/mol. The highest BCUT2D eigenvalue weighted by molar-refractivity contribution is 7.99. The van der Waals surface area contributed by atoms with Gasteiger partial charge in [0.05, 0.1) is 13.2 Å². The van der Waals surface area contributed by atoms with E-state index in [4.69, 9.17) is 4.74 Å². The number of rotatable bonds is 2. The maximum Gasteiger partial charge on any atom is 0.253 e. The van der Waals surface area contributed by atoms with Gasteiger partial charge in [-0.2, -0.15) is 16.3 Å². The SMILES string of the molecule is O=C(C1CN(c2ccc3nncn3n2)CCO1)N1CCSCC1. The molecule has 4 rings (SSSR count). The smallest absolute Gasteiger partial charge is 0.253 e. The summed E-state index contributed by atoms with van der Waals surface area (Å²) in [5.74, 6) is 2.93. The summed E-state index contributed by atoms with van der Waals surface area (Å²) in [4.78, 5) is 16.6. The Balaban J connectivity index is 1.48. The fraction of sp³-hybridized carbons (Fsp3) is 0.571. The molecule has 2 fully saturated rings. The Hall–Kier alpha value is -1.87. The van der Waals surface area contributed by atoms with Crippen molar-refractivity contribution in [3.05, 3.63) is 18.5 Å². The number of hydrogen-bond donors (Lipinski definition) is 0. The summed E-state index contributed by atoms with van der Waals surface area (Å²) in [6.45, 7) is 3.41. The quantitative estimate of drug-likeness (QED) is 0.759. The second-order valence-electron chi connectivity index (χ2n) is 5.57. The maximum atomic E-state index is 12.6. The Morgan fingerprint density at radius 2 is 2.13 bits per heavy atom. The molecule has 0 radical (unpaired) electrons. The lowest BCUT2D eigenvalue weighted by molar-refractivity contribution is -0.144. The van der Waals surface area contributed by atoms with Crippen molar-refractivity contribution in [2.45, 2.75) is 6.10 Å². The van der Waals surface area contributed by atoms with Crippen molar-refractivity contribution in [2.24, 2.45) is 0 Å². The van der Waals surface area contributed by atoms with E-state index in [0.29, 0.717) is 18.8 Å². The van der Waals surface area contributed by atoms with Crippen molar-refractivity contribution < 1.29 is 9.53 Å². The molecule has 2 aliphatic rings. The van der Waals surface area contributed by atoms with Gasteiger partial charge in [0, 0.05) is 31.1 Å². The van der Waals surface area contributed by atoms with Crippen LogP contribution >= 0.6 is 11.8 Å². The minimum Gasteiger partial charge on any atom is -0.365 e. The minimum atomic E-state index is -0.412. The largest absolute Gasteiger partial charge is 0.365 e. The number of morpholine rings is 1. The van der Waals surface area contributed by atoms with Crippen LogP contribution in [0.1, 0.15) is 0 Å².